The third-order valence-corrected chi connectivity index (χ3v) is 8.32. The second-order valence-corrected chi connectivity index (χ2v) is 11.1. The lowest BCUT2D eigenvalue weighted by Crippen LogP contribution is -2.39. The third kappa shape index (κ3) is 5.53. The van der Waals surface area contributed by atoms with Crippen LogP contribution in [0.4, 0.5) is 17.2 Å². The summed E-state index contributed by atoms with van der Waals surface area (Å²) in [5.74, 6) is 1.51. The molecule has 2 bridgehead atoms. The maximum Gasteiger partial charge on any atom is 0.339 e. The minimum atomic E-state index is -1.07. The van der Waals surface area contributed by atoms with E-state index >= 15 is 0 Å². The summed E-state index contributed by atoms with van der Waals surface area (Å²) in [5.41, 5.74) is 3.46. The van der Waals surface area contributed by atoms with Crippen LogP contribution in [0.15, 0.2) is 66.9 Å². The Hall–Kier alpha value is -3.67. The van der Waals surface area contributed by atoms with Gasteiger partial charge in [0.15, 0.2) is 0 Å². The zero-order valence-electron chi connectivity index (χ0n) is 21.5. The number of anilines is 3. The van der Waals surface area contributed by atoms with Gasteiger partial charge < -0.3 is 15.7 Å². The summed E-state index contributed by atoms with van der Waals surface area (Å²) in [6.45, 7) is 4.75. The number of aromatic carboxylic acids is 1. The van der Waals surface area contributed by atoms with Gasteiger partial charge in [0.25, 0.3) is 5.91 Å². The Balaban J connectivity index is 1.25. The number of rotatable bonds is 7. The molecular weight excluding hydrogens is 462 g/mol. The Morgan fingerprint density at radius 2 is 1.70 bits per heavy atom. The largest absolute Gasteiger partial charge is 0.478 e. The first-order valence-corrected chi connectivity index (χ1v) is 13.3. The van der Waals surface area contributed by atoms with Gasteiger partial charge in [-0.3, -0.25) is 4.79 Å². The third-order valence-electron chi connectivity index (χ3n) is 8.32. The van der Waals surface area contributed by atoms with Crippen molar-refractivity contribution >= 4 is 29.1 Å². The smallest absolute Gasteiger partial charge is 0.339 e. The first-order chi connectivity index (χ1) is 17.8. The van der Waals surface area contributed by atoms with E-state index in [2.05, 4.69) is 41.6 Å². The van der Waals surface area contributed by atoms with Crippen LogP contribution in [0.5, 0.6) is 0 Å². The Kier molecular flexibility index (Phi) is 7.00. The van der Waals surface area contributed by atoms with Gasteiger partial charge in [-0.2, -0.15) is 0 Å². The fourth-order valence-electron chi connectivity index (χ4n) is 6.67. The highest BCUT2D eigenvalue weighted by atomic mass is 16.4. The quantitative estimate of drug-likeness (QED) is 0.319. The molecule has 1 aromatic heterocycles. The van der Waals surface area contributed by atoms with Gasteiger partial charge in [0.2, 0.25) is 0 Å². The maximum absolute atomic E-state index is 13.0. The van der Waals surface area contributed by atoms with Crippen molar-refractivity contribution in [3.8, 4) is 0 Å². The van der Waals surface area contributed by atoms with E-state index in [4.69, 9.17) is 0 Å². The highest BCUT2D eigenvalue weighted by molar-refractivity contribution is 6.05. The molecule has 192 valence electrons. The van der Waals surface area contributed by atoms with Crippen LogP contribution in [-0.2, 0) is 5.41 Å². The summed E-state index contributed by atoms with van der Waals surface area (Å²) < 4.78 is 0. The highest BCUT2D eigenvalue weighted by Gasteiger charge is 2.42. The molecule has 2 aromatic carbocycles. The van der Waals surface area contributed by atoms with Crippen molar-refractivity contribution in [1.29, 1.82) is 0 Å². The Morgan fingerprint density at radius 3 is 2.38 bits per heavy atom. The zero-order chi connectivity index (χ0) is 26.0. The molecule has 1 heterocycles. The number of carbonyl (C=O) groups is 2. The molecule has 6 nitrogen and oxygen atoms in total. The Bertz CT molecular complexity index is 1270. The van der Waals surface area contributed by atoms with Crippen LogP contribution in [0.3, 0.4) is 0 Å². The van der Waals surface area contributed by atoms with Crippen molar-refractivity contribution in [1.82, 2.24) is 4.98 Å². The van der Waals surface area contributed by atoms with E-state index in [0.29, 0.717) is 11.3 Å². The van der Waals surface area contributed by atoms with Crippen molar-refractivity contribution in [3.63, 3.8) is 0 Å². The number of carboxylic acids is 1. The van der Waals surface area contributed by atoms with E-state index in [-0.39, 0.29) is 22.7 Å². The summed E-state index contributed by atoms with van der Waals surface area (Å²) in [6, 6.07) is 18.4. The number of amides is 1. The lowest BCUT2D eigenvalue weighted by Gasteiger charge is -2.48. The van der Waals surface area contributed by atoms with Crippen molar-refractivity contribution in [2.75, 3.05) is 10.6 Å². The van der Waals surface area contributed by atoms with Crippen LogP contribution in [0, 0.1) is 17.8 Å². The average Bonchev–Trinajstić information content (AvgIpc) is 2.88. The predicted molar refractivity (Wildman–Crippen MR) is 147 cm³/mol. The average molecular weight is 498 g/mol. The minimum absolute atomic E-state index is 0.0675. The number of aromatic nitrogens is 1. The summed E-state index contributed by atoms with van der Waals surface area (Å²) in [7, 11) is 0. The highest BCUT2D eigenvalue weighted by Crippen LogP contribution is 2.51. The lowest BCUT2D eigenvalue weighted by atomic mass is 9.57. The molecule has 37 heavy (non-hydrogen) atoms. The molecule has 3 aromatic rings. The number of carbonyl (C=O) groups excluding carboxylic acids is 1. The number of fused-ring (bicyclic) bond motifs is 2. The van der Waals surface area contributed by atoms with Gasteiger partial charge in [0, 0.05) is 23.1 Å². The van der Waals surface area contributed by atoms with Crippen molar-refractivity contribution in [2.24, 2.45) is 17.8 Å². The molecule has 0 radical (unpaired) electrons. The van der Waals surface area contributed by atoms with E-state index in [1.165, 1.54) is 56.4 Å². The number of pyridine rings is 1. The van der Waals surface area contributed by atoms with E-state index in [1.54, 1.807) is 30.3 Å². The number of nitrogens with zero attached hydrogens (tertiary/aromatic N) is 1. The fourth-order valence-corrected chi connectivity index (χ4v) is 6.67. The van der Waals surface area contributed by atoms with E-state index in [9.17, 15) is 14.7 Å². The summed E-state index contributed by atoms with van der Waals surface area (Å²) in [5, 5.41) is 15.4. The number of carboxylic acid groups (broad SMARTS) is 1. The Labute approximate surface area is 218 Å². The fraction of sp³-hybridized carbons (Fsp3) is 0.387. The first kappa shape index (κ1) is 25.0. The molecule has 6 heteroatoms. The molecule has 2 aliphatic rings. The van der Waals surface area contributed by atoms with Crippen molar-refractivity contribution < 1.29 is 14.7 Å². The van der Waals surface area contributed by atoms with Gasteiger partial charge >= 0.3 is 5.97 Å². The molecule has 2 atom stereocenters. The second kappa shape index (κ2) is 10.4. The molecule has 5 rings (SSSR count). The molecule has 2 aliphatic carbocycles. The van der Waals surface area contributed by atoms with Crippen LogP contribution in [-0.4, -0.2) is 22.0 Å². The predicted octanol–water partition coefficient (Wildman–Crippen LogP) is 7.27. The van der Waals surface area contributed by atoms with Gasteiger partial charge in [-0.05, 0) is 103 Å². The van der Waals surface area contributed by atoms with Crippen LogP contribution in [0.25, 0.3) is 0 Å². The zero-order valence-corrected chi connectivity index (χ0v) is 21.5. The maximum atomic E-state index is 13.0. The first-order valence-electron chi connectivity index (χ1n) is 13.3. The number of benzene rings is 2. The Morgan fingerprint density at radius 1 is 0.973 bits per heavy atom. The molecule has 0 spiro atoms. The lowest BCUT2D eigenvalue weighted by molar-refractivity contribution is 0.0697. The van der Waals surface area contributed by atoms with Crippen molar-refractivity contribution in [3.05, 3.63) is 83.6 Å². The molecule has 2 unspecified atom stereocenters. The topological polar surface area (TPSA) is 91.3 Å². The van der Waals surface area contributed by atoms with Gasteiger partial charge in [-0.1, -0.05) is 38.5 Å². The summed E-state index contributed by atoms with van der Waals surface area (Å²) >= 11 is 0. The van der Waals surface area contributed by atoms with E-state index < -0.39 is 5.97 Å². The van der Waals surface area contributed by atoms with E-state index in [1.807, 2.05) is 12.1 Å². The second-order valence-electron chi connectivity index (χ2n) is 11.1. The van der Waals surface area contributed by atoms with Crippen molar-refractivity contribution in [2.45, 2.75) is 57.8 Å². The van der Waals surface area contributed by atoms with Crippen LogP contribution in [0.1, 0.15) is 78.7 Å². The normalized spacial score (nSPS) is 24.8. The van der Waals surface area contributed by atoms with Gasteiger partial charge in [-0.25, -0.2) is 9.78 Å². The molecule has 2 saturated carbocycles. The van der Waals surface area contributed by atoms with Crippen LogP contribution < -0.4 is 10.6 Å². The molecule has 1 amide bonds. The van der Waals surface area contributed by atoms with Crippen LogP contribution >= 0.6 is 0 Å². The molecular formula is C31H35N3O3. The number of nitrogens with one attached hydrogen (secondary N) is 2. The summed E-state index contributed by atoms with van der Waals surface area (Å²) in [6.07, 6.45) is 9.49. The van der Waals surface area contributed by atoms with Gasteiger partial charge in [0.1, 0.15) is 11.4 Å². The molecule has 0 saturated heterocycles. The standard InChI is InChI=1S/C31H35N3O3/c1-3-20-14-21-16-22(15-20)19-31(2,18-21)24-9-11-25(12-10-24)34-29(35)23-6-4-7-26(17-23)33-28-27(30(36)37)8-5-13-32-28/h4-13,17,20-22H,3,14-16,18-19H2,1-2H3,(H,32,33)(H,34,35)(H,36,37). The minimum Gasteiger partial charge on any atom is -0.478 e. The number of hydrogen-bond acceptors (Lipinski definition) is 4. The molecule has 2 fully saturated rings. The van der Waals surface area contributed by atoms with Gasteiger partial charge in [-0.15, -0.1) is 0 Å². The molecule has 0 aliphatic heterocycles. The number of hydrogen-bond donors (Lipinski definition) is 3. The van der Waals surface area contributed by atoms with Gasteiger partial charge in [0.05, 0.1) is 0 Å². The summed E-state index contributed by atoms with van der Waals surface area (Å²) in [4.78, 5) is 28.6. The SMILES string of the molecule is CCC1CC2CC(C1)CC(C)(c1ccc(NC(=O)c3cccc(Nc4ncccc4C(=O)O)c3)cc1)C2. The monoisotopic (exact) mass is 497 g/mol. The molecule has 3 N–H and O–H groups in total. The van der Waals surface area contributed by atoms with Crippen LogP contribution in [0.2, 0.25) is 0 Å². The van der Waals surface area contributed by atoms with E-state index in [0.717, 1.165) is 23.4 Å².